The van der Waals surface area contributed by atoms with Gasteiger partial charge in [0.2, 0.25) is 0 Å². The minimum Gasteiger partial charge on any atom is -0.293 e. The number of Topliss-reactive ketones (excluding diaryl/α,β-unsaturated/α-hetero) is 1. The Kier molecular flexibility index (Phi) is 4.80. The van der Waals surface area contributed by atoms with E-state index in [1.165, 1.54) is 6.92 Å². The van der Waals surface area contributed by atoms with E-state index in [1.54, 1.807) is 48.5 Å². The van der Waals surface area contributed by atoms with E-state index in [-0.39, 0.29) is 5.75 Å². The minimum atomic E-state index is -3.55. The highest BCUT2D eigenvalue weighted by atomic mass is 35.5. The van der Waals surface area contributed by atoms with Crippen LogP contribution >= 0.6 is 11.6 Å². The molecule has 0 saturated heterocycles. The van der Waals surface area contributed by atoms with Crippen LogP contribution in [-0.2, 0) is 15.6 Å². The quantitative estimate of drug-likeness (QED) is 0.791. The van der Waals surface area contributed by atoms with Crippen LogP contribution in [0.2, 0.25) is 5.02 Å². The molecule has 0 spiro atoms. The molecule has 0 N–H and O–H groups in total. The van der Waals surface area contributed by atoms with Gasteiger partial charge in [0.1, 0.15) is 5.25 Å². The molecule has 0 radical (unpaired) electrons. The van der Waals surface area contributed by atoms with Gasteiger partial charge in [0, 0.05) is 10.6 Å². The summed E-state index contributed by atoms with van der Waals surface area (Å²) in [6.45, 7) is 1.43. The average Bonchev–Trinajstić information content (AvgIpc) is 2.47. The molecular weight excluding hydrogens is 308 g/mol. The molecule has 3 nitrogen and oxygen atoms in total. The van der Waals surface area contributed by atoms with Crippen LogP contribution in [0.5, 0.6) is 0 Å². The maximum atomic E-state index is 12.3. The number of carbonyl (C=O) groups excluding carboxylic acids is 1. The topological polar surface area (TPSA) is 51.2 Å². The van der Waals surface area contributed by atoms with Crippen molar-refractivity contribution in [1.82, 2.24) is 0 Å². The van der Waals surface area contributed by atoms with Crippen molar-refractivity contribution in [3.05, 3.63) is 70.7 Å². The normalized spacial score (nSPS) is 12.9. The molecular formula is C16H15ClO3S. The zero-order valence-electron chi connectivity index (χ0n) is 11.5. The van der Waals surface area contributed by atoms with Gasteiger partial charge in [-0.3, -0.25) is 4.79 Å². The molecule has 0 aromatic heterocycles. The van der Waals surface area contributed by atoms with Crippen molar-refractivity contribution >= 4 is 27.2 Å². The Bertz CT molecular complexity index is 722. The molecule has 1 atom stereocenters. The van der Waals surface area contributed by atoms with Crippen molar-refractivity contribution in [2.45, 2.75) is 17.9 Å². The standard InChI is InChI=1S/C16H15ClO3S/c1-12(16(18)14-7-9-15(17)10-8-14)21(19,20)11-13-5-3-2-4-6-13/h2-10,12H,11H2,1H3. The number of sulfone groups is 1. The number of carbonyl (C=O) groups is 1. The Morgan fingerprint density at radius 2 is 1.62 bits per heavy atom. The van der Waals surface area contributed by atoms with Gasteiger partial charge in [-0.25, -0.2) is 8.42 Å². The number of hydrogen-bond acceptors (Lipinski definition) is 3. The van der Waals surface area contributed by atoms with Crippen molar-refractivity contribution in [1.29, 1.82) is 0 Å². The molecule has 0 aliphatic heterocycles. The van der Waals surface area contributed by atoms with Gasteiger partial charge >= 0.3 is 0 Å². The molecule has 0 heterocycles. The van der Waals surface area contributed by atoms with Crippen LogP contribution in [0.3, 0.4) is 0 Å². The largest absolute Gasteiger partial charge is 0.293 e. The second-order valence-electron chi connectivity index (χ2n) is 4.81. The van der Waals surface area contributed by atoms with E-state index < -0.39 is 20.9 Å². The van der Waals surface area contributed by atoms with Gasteiger partial charge in [0.15, 0.2) is 15.6 Å². The van der Waals surface area contributed by atoms with Crippen molar-refractivity contribution in [3.8, 4) is 0 Å². The third-order valence-corrected chi connectivity index (χ3v) is 5.53. The van der Waals surface area contributed by atoms with Gasteiger partial charge in [-0.15, -0.1) is 0 Å². The van der Waals surface area contributed by atoms with Crippen molar-refractivity contribution in [2.75, 3.05) is 0 Å². The van der Waals surface area contributed by atoms with Gasteiger partial charge in [0.05, 0.1) is 5.75 Å². The van der Waals surface area contributed by atoms with E-state index in [0.29, 0.717) is 16.1 Å². The minimum absolute atomic E-state index is 0.145. The fraction of sp³-hybridized carbons (Fsp3) is 0.188. The second kappa shape index (κ2) is 6.41. The first-order valence-electron chi connectivity index (χ1n) is 6.45. The van der Waals surface area contributed by atoms with Crippen molar-refractivity contribution in [3.63, 3.8) is 0 Å². The van der Waals surface area contributed by atoms with E-state index in [1.807, 2.05) is 6.07 Å². The molecule has 0 aliphatic rings. The van der Waals surface area contributed by atoms with Gasteiger partial charge in [-0.2, -0.15) is 0 Å². The van der Waals surface area contributed by atoms with Crippen LogP contribution in [0.4, 0.5) is 0 Å². The monoisotopic (exact) mass is 322 g/mol. The van der Waals surface area contributed by atoms with Gasteiger partial charge in [0.25, 0.3) is 0 Å². The van der Waals surface area contributed by atoms with E-state index in [2.05, 4.69) is 0 Å². The highest BCUT2D eigenvalue weighted by molar-refractivity contribution is 7.92. The van der Waals surface area contributed by atoms with Gasteiger partial charge < -0.3 is 0 Å². The Morgan fingerprint density at radius 1 is 1.05 bits per heavy atom. The summed E-state index contributed by atoms with van der Waals surface area (Å²) in [5, 5.41) is -0.578. The predicted octanol–water partition coefficient (Wildman–Crippen LogP) is 3.53. The SMILES string of the molecule is CC(C(=O)c1ccc(Cl)cc1)S(=O)(=O)Cc1ccccc1. The Labute approximate surface area is 129 Å². The van der Waals surface area contributed by atoms with E-state index in [0.717, 1.165) is 0 Å². The Hall–Kier alpha value is -1.65. The summed E-state index contributed by atoms with van der Waals surface area (Å²) < 4.78 is 24.7. The van der Waals surface area contributed by atoms with Crippen LogP contribution in [0.1, 0.15) is 22.8 Å². The molecule has 5 heteroatoms. The lowest BCUT2D eigenvalue weighted by Gasteiger charge is -2.12. The van der Waals surface area contributed by atoms with Crippen LogP contribution < -0.4 is 0 Å². The molecule has 0 fully saturated rings. The van der Waals surface area contributed by atoms with Crippen molar-refractivity contribution in [2.24, 2.45) is 0 Å². The Balaban J connectivity index is 2.19. The molecule has 21 heavy (non-hydrogen) atoms. The molecule has 0 aliphatic carbocycles. The first kappa shape index (κ1) is 15.7. The average molecular weight is 323 g/mol. The molecule has 0 bridgehead atoms. The summed E-state index contributed by atoms with van der Waals surface area (Å²) in [6.07, 6.45) is 0. The molecule has 0 saturated carbocycles. The number of halogens is 1. The zero-order chi connectivity index (χ0) is 15.5. The molecule has 2 aromatic rings. The van der Waals surface area contributed by atoms with Crippen LogP contribution in [-0.4, -0.2) is 19.5 Å². The lowest BCUT2D eigenvalue weighted by atomic mass is 10.1. The maximum absolute atomic E-state index is 12.3. The number of hydrogen-bond donors (Lipinski definition) is 0. The Morgan fingerprint density at radius 3 is 2.19 bits per heavy atom. The van der Waals surface area contributed by atoms with Crippen LogP contribution in [0.25, 0.3) is 0 Å². The zero-order valence-corrected chi connectivity index (χ0v) is 13.1. The van der Waals surface area contributed by atoms with Gasteiger partial charge in [-0.1, -0.05) is 41.9 Å². The smallest absolute Gasteiger partial charge is 0.180 e. The lowest BCUT2D eigenvalue weighted by molar-refractivity contribution is 0.0991. The van der Waals surface area contributed by atoms with Crippen LogP contribution in [0, 0.1) is 0 Å². The number of ketones is 1. The van der Waals surface area contributed by atoms with E-state index >= 15 is 0 Å². The second-order valence-corrected chi connectivity index (χ2v) is 7.56. The summed E-state index contributed by atoms with van der Waals surface area (Å²) in [7, 11) is -3.55. The fourth-order valence-corrected chi connectivity index (χ4v) is 3.44. The maximum Gasteiger partial charge on any atom is 0.180 e. The summed E-state index contributed by atoms with van der Waals surface area (Å²) in [4.78, 5) is 12.3. The van der Waals surface area contributed by atoms with Gasteiger partial charge in [-0.05, 0) is 36.8 Å². The predicted molar refractivity (Wildman–Crippen MR) is 84.3 cm³/mol. The lowest BCUT2D eigenvalue weighted by Crippen LogP contribution is -2.28. The third kappa shape index (κ3) is 3.93. The highest BCUT2D eigenvalue weighted by Gasteiger charge is 2.28. The van der Waals surface area contributed by atoms with E-state index in [4.69, 9.17) is 11.6 Å². The fourth-order valence-electron chi connectivity index (χ4n) is 1.94. The first-order valence-corrected chi connectivity index (χ1v) is 8.55. The first-order chi connectivity index (χ1) is 9.90. The number of benzene rings is 2. The summed E-state index contributed by atoms with van der Waals surface area (Å²) in [6, 6.07) is 15.1. The molecule has 1 unspecified atom stereocenters. The molecule has 2 aromatic carbocycles. The van der Waals surface area contributed by atoms with Crippen molar-refractivity contribution < 1.29 is 13.2 Å². The summed E-state index contributed by atoms with van der Waals surface area (Å²) in [5.74, 6) is -0.559. The summed E-state index contributed by atoms with van der Waals surface area (Å²) >= 11 is 5.76. The van der Waals surface area contributed by atoms with Crippen LogP contribution in [0.15, 0.2) is 54.6 Å². The van der Waals surface area contributed by atoms with E-state index in [9.17, 15) is 13.2 Å². The summed E-state index contributed by atoms with van der Waals surface area (Å²) in [5.41, 5.74) is 1.02. The molecule has 0 amide bonds. The number of rotatable bonds is 5. The molecule has 2 rings (SSSR count). The highest BCUT2D eigenvalue weighted by Crippen LogP contribution is 2.17. The third-order valence-electron chi connectivity index (χ3n) is 3.25. The molecule has 110 valence electrons.